The highest BCUT2D eigenvalue weighted by atomic mass is 79.9. The Morgan fingerprint density at radius 1 is 1.21 bits per heavy atom. The fourth-order valence-corrected chi connectivity index (χ4v) is 4.30. The van der Waals surface area contributed by atoms with Crippen molar-refractivity contribution in [1.29, 1.82) is 0 Å². The van der Waals surface area contributed by atoms with Gasteiger partial charge in [-0.25, -0.2) is 4.39 Å². The summed E-state index contributed by atoms with van der Waals surface area (Å²) in [5.74, 6) is -0.375. The van der Waals surface area contributed by atoms with Crippen molar-refractivity contribution >= 4 is 53.8 Å². The highest BCUT2D eigenvalue weighted by Gasteiger charge is 2.14. The van der Waals surface area contributed by atoms with E-state index in [1.807, 2.05) is 17.5 Å². The lowest BCUT2D eigenvalue weighted by molar-refractivity contribution is 0.0995. The average Bonchev–Trinajstić information content (AvgIpc) is 2.94. The zero-order chi connectivity index (χ0) is 13.4. The zero-order valence-corrected chi connectivity index (χ0v) is 12.9. The molecule has 1 aromatic carbocycles. The van der Waals surface area contributed by atoms with Crippen molar-refractivity contribution < 1.29 is 9.18 Å². The standard InChI is InChI=1S/C14H8BrFOS2/c15-9-1-2-10(16)8(5-9)6-11(17)13-7-14-12(19-13)3-4-18-14/h1-5,7H,6H2. The lowest BCUT2D eigenvalue weighted by Gasteiger charge is -2.02. The van der Waals surface area contributed by atoms with Gasteiger partial charge in [0.25, 0.3) is 0 Å². The third-order valence-electron chi connectivity index (χ3n) is 2.77. The summed E-state index contributed by atoms with van der Waals surface area (Å²) in [5.41, 5.74) is 0.427. The van der Waals surface area contributed by atoms with Crippen LogP contribution in [-0.4, -0.2) is 5.78 Å². The molecular weight excluding hydrogens is 347 g/mol. The molecule has 0 spiro atoms. The summed E-state index contributed by atoms with van der Waals surface area (Å²) in [4.78, 5) is 12.9. The number of halogens is 2. The van der Waals surface area contributed by atoms with E-state index in [1.165, 1.54) is 17.4 Å². The summed E-state index contributed by atoms with van der Waals surface area (Å²) < 4.78 is 16.6. The molecule has 3 rings (SSSR count). The van der Waals surface area contributed by atoms with Crippen molar-refractivity contribution in [2.75, 3.05) is 0 Å². The normalized spacial score (nSPS) is 11.1. The van der Waals surface area contributed by atoms with Gasteiger partial charge in [0.05, 0.1) is 4.88 Å². The van der Waals surface area contributed by atoms with Crippen LogP contribution in [0.5, 0.6) is 0 Å². The first kappa shape index (κ1) is 13.0. The van der Waals surface area contributed by atoms with E-state index in [4.69, 9.17) is 0 Å². The molecule has 3 aromatic rings. The topological polar surface area (TPSA) is 17.1 Å². The number of thiophene rings is 2. The van der Waals surface area contributed by atoms with Crippen LogP contribution < -0.4 is 0 Å². The number of rotatable bonds is 3. The summed E-state index contributed by atoms with van der Waals surface area (Å²) in [7, 11) is 0. The molecule has 96 valence electrons. The Kier molecular flexibility index (Phi) is 3.52. The lowest BCUT2D eigenvalue weighted by Crippen LogP contribution is -2.03. The number of carbonyl (C=O) groups is 1. The van der Waals surface area contributed by atoms with Gasteiger partial charge in [-0.1, -0.05) is 15.9 Å². The van der Waals surface area contributed by atoms with Gasteiger partial charge in [-0.05, 0) is 41.3 Å². The summed E-state index contributed by atoms with van der Waals surface area (Å²) in [6, 6.07) is 8.55. The summed E-state index contributed by atoms with van der Waals surface area (Å²) in [6.45, 7) is 0. The Balaban J connectivity index is 1.88. The van der Waals surface area contributed by atoms with E-state index >= 15 is 0 Å². The molecule has 0 saturated carbocycles. The molecule has 0 radical (unpaired) electrons. The predicted molar refractivity (Wildman–Crippen MR) is 81.8 cm³/mol. The summed E-state index contributed by atoms with van der Waals surface area (Å²) in [5, 5.41) is 2.00. The van der Waals surface area contributed by atoms with E-state index in [0.717, 1.165) is 13.9 Å². The van der Waals surface area contributed by atoms with Gasteiger partial charge in [0.2, 0.25) is 0 Å². The Morgan fingerprint density at radius 2 is 2.05 bits per heavy atom. The third-order valence-corrected chi connectivity index (χ3v) is 5.40. The number of Topliss-reactive ketones (excluding diaryl/α,β-unsaturated/α-hetero) is 1. The van der Waals surface area contributed by atoms with Crippen molar-refractivity contribution in [3.63, 3.8) is 0 Å². The Bertz CT molecular complexity index is 731. The minimum atomic E-state index is -0.338. The highest BCUT2D eigenvalue weighted by Crippen LogP contribution is 2.31. The average molecular weight is 355 g/mol. The zero-order valence-electron chi connectivity index (χ0n) is 9.65. The van der Waals surface area contributed by atoms with Crippen molar-refractivity contribution in [3.05, 3.63) is 56.4 Å². The molecule has 0 atom stereocenters. The number of carbonyl (C=O) groups excluding carboxylic acids is 1. The Labute approximate surface area is 125 Å². The van der Waals surface area contributed by atoms with E-state index in [-0.39, 0.29) is 18.0 Å². The van der Waals surface area contributed by atoms with Gasteiger partial charge < -0.3 is 0 Å². The van der Waals surface area contributed by atoms with Crippen molar-refractivity contribution in [3.8, 4) is 0 Å². The second-order valence-electron chi connectivity index (χ2n) is 4.10. The molecule has 0 aliphatic carbocycles. The van der Waals surface area contributed by atoms with Crippen molar-refractivity contribution in [1.82, 2.24) is 0 Å². The number of hydrogen-bond donors (Lipinski definition) is 0. The molecule has 0 aliphatic rings. The minimum absolute atomic E-state index is 0.0367. The monoisotopic (exact) mass is 354 g/mol. The highest BCUT2D eigenvalue weighted by molar-refractivity contribution is 9.10. The molecule has 0 bridgehead atoms. The SMILES string of the molecule is O=C(Cc1cc(Br)ccc1F)c1cc2sccc2s1. The van der Waals surface area contributed by atoms with E-state index in [1.54, 1.807) is 23.5 Å². The first-order chi connectivity index (χ1) is 9.13. The Hall–Kier alpha value is -1.04. The maximum Gasteiger partial charge on any atom is 0.177 e. The fourth-order valence-electron chi connectivity index (χ4n) is 1.84. The molecule has 0 aliphatic heterocycles. The van der Waals surface area contributed by atoms with Gasteiger partial charge in [0, 0.05) is 20.3 Å². The summed E-state index contributed by atoms with van der Waals surface area (Å²) >= 11 is 6.37. The van der Waals surface area contributed by atoms with Crippen LogP contribution in [0.2, 0.25) is 0 Å². The molecule has 5 heteroatoms. The summed E-state index contributed by atoms with van der Waals surface area (Å²) in [6.07, 6.45) is 0.0963. The number of benzene rings is 1. The van der Waals surface area contributed by atoms with Gasteiger partial charge in [0.15, 0.2) is 5.78 Å². The Morgan fingerprint density at radius 3 is 2.84 bits per heavy atom. The molecule has 0 fully saturated rings. The second-order valence-corrected chi connectivity index (χ2v) is 7.04. The van der Waals surface area contributed by atoms with Crippen LogP contribution in [0.3, 0.4) is 0 Å². The molecule has 0 saturated heterocycles. The van der Waals surface area contributed by atoms with Crippen LogP contribution in [0.25, 0.3) is 9.40 Å². The first-order valence-corrected chi connectivity index (χ1v) is 8.06. The van der Waals surface area contributed by atoms with Crippen LogP contribution in [0.15, 0.2) is 40.2 Å². The smallest absolute Gasteiger partial charge is 0.177 e. The largest absolute Gasteiger partial charge is 0.293 e. The number of hydrogen-bond acceptors (Lipinski definition) is 3. The van der Waals surface area contributed by atoms with Gasteiger partial charge in [0.1, 0.15) is 5.82 Å². The predicted octanol–water partition coefficient (Wildman–Crippen LogP) is 5.29. The van der Waals surface area contributed by atoms with Crippen molar-refractivity contribution in [2.24, 2.45) is 0 Å². The van der Waals surface area contributed by atoms with Crippen molar-refractivity contribution in [2.45, 2.75) is 6.42 Å². The minimum Gasteiger partial charge on any atom is -0.293 e. The van der Waals surface area contributed by atoms with Gasteiger partial charge in [-0.15, -0.1) is 22.7 Å². The lowest BCUT2D eigenvalue weighted by atomic mass is 10.1. The third kappa shape index (κ3) is 2.63. The van der Waals surface area contributed by atoms with Gasteiger partial charge in [-0.3, -0.25) is 4.79 Å². The first-order valence-electron chi connectivity index (χ1n) is 5.57. The van der Waals surface area contributed by atoms with E-state index in [0.29, 0.717) is 10.4 Å². The molecule has 2 heterocycles. The van der Waals surface area contributed by atoms with Gasteiger partial charge in [-0.2, -0.15) is 0 Å². The van der Waals surface area contributed by atoms with Crippen LogP contribution in [0.1, 0.15) is 15.2 Å². The number of ketones is 1. The molecule has 1 nitrogen and oxygen atoms in total. The van der Waals surface area contributed by atoms with Crippen LogP contribution in [-0.2, 0) is 6.42 Å². The quantitative estimate of drug-likeness (QED) is 0.584. The van der Waals surface area contributed by atoms with Gasteiger partial charge >= 0.3 is 0 Å². The van der Waals surface area contributed by atoms with E-state index < -0.39 is 0 Å². The van der Waals surface area contributed by atoms with E-state index in [9.17, 15) is 9.18 Å². The molecule has 19 heavy (non-hydrogen) atoms. The molecule has 0 unspecified atom stereocenters. The molecule has 2 aromatic heterocycles. The second kappa shape index (κ2) is 5.15. The van der Waals surface area contributed by atoms with Crippen LogP contribution >= 0.6 is 38.6 Å². The maximum absolute atomic E-state index is 13.6. The van der Waals surface area contributed by atoms with Crippen LogP contribution in [0.4, 0.5) is 4.39 Å². The fraction of sp³-hybridized carbons (Fsp3) is 0.0714. The van der Waals surface area contributed by atoms with Crippen LogP contribution in [0, 0.1) is 5.82 Å². The number of fused-ring (bicyclic) bond motifs is 1. The van der Waals surface area contributed by atoms with E-state index in [2.05, 4.69) is 15.9 Å². The maximum atomic E-state index is 13.6. The molecule has 0 N–H and O–H groups in total. The molecule has 0 amide bonds. The molecular formula is C14H8BrFOS2.